The lowest BCUT2D eigenvalue weighted by atomic mass is 9.77. The van der Waals surface area contributed by atoms with Crippen molar-refractivity contribution >= 4 is 34.0 Å². The van der Waals surface area contributed by atoms with Gasteiger partial charge in [0, 0.05) is 10.8 Å². The van der Waals surface area contributed by atoms with Crippen LogP contribution in [0.1, 0.15) is 95.1 Å². The summed E-state index contributed by atoms with van der Waals surface area (Å²) in [6.45, 7) is 4.47. The largest absolute Gasteiger partial charge is 0.441 e. The van der Waals surface area contributed by atoms with Gasteiger partial charge in [0.05, 0.1) is 0 Å². The van der Waals surface area contributed by atoms with Gasteiger partial charge in [-0.25, -0.2) is 4.39 Å². The Kier molecular flexibility index (Phi) is 7.43. The summed E-state index contributed by atoms with van der Waals surface area (Å²) < 4.78 is 21.5. The summed E-state index contributed by atoms with van der Waals surface area (Å²) in [5.74, 6) is 1.26. The van der Waals surface area contributed by atoms with E-state index in [1.54, 1.807) is 0 Å². The third kappa shape index (κ3) is 4.87. The van der Waals surface area contributed by atoms with Gasteiger partial charge in [-0.05, 0) is 85.2 Å². The van der Waals surface area contributed by atoms with Gasteiger partial charge in [0.25, 0.3) is 0 Å². The van der Waals surface area contributed by atoms with E-state index in [0.717, 1.165) is 46.9 Å². The van der Waals surface area contributed by atoms with Crippen LogP contribution in [0.25, 0.3) is 21.7 Å². The quantitative estimate of drug-likeness (QED) is 0.197. The van der Waals surface area contributed by atoms with Crippen LogP contribution in [0.4, 0.5) is 4.39 Å². The van der Waals surface area contributed by atoms with Gasteiger partial charge in [-0.1, -0.05) is 70.2 Å². The van der Waals surface area contributed by atoms with Gasteiger partial charge in [-0.2, -0.15) is 0 Å². The van der Waals surface area contributed by atoms with Crippen molar-refractivity contribution in [1.29, 1.82) is 0 Å². The molecule has 0 spiro atoms. The fourth-order valence-electron chi connectivity index (χ4n) is 5.40. The van der Waals surface area contributed by atoms with E-state index in [-0.39, 0.29) is 5.82 Å². The van der Waals surface area contributed by atoms with Crippen LogP contribution in [-0.4, -0.2) is 0 Å². The smallest absolute Gasteiger partial charge is 0.198 e. The topological polar surface area (TPSA) is 13.1 Å². The van der Waals surface area contributed by atoms with Crippen LogP contribution in [0.5, 0.6) is 0 Å². The van der Waals surface area contributed by atoms with Crippen molar-refractivity contribution in [2.45, 2.75) is 90.4 Å². The molecule has 166 valence electrons. The molecule has 0 saturated heterocycles. The van der Waals surface area contributed by atoms with Crippen molar-refractivity contribution in [1.82, 2.24) is 0 Å². The van der Waals surface area contributed by atoms with Crippen molar-refractivity contribution in [2.75, 3.05) is 0 Å². The van der Waals surface area contributed by atoms with Crippen LogP contribution in [-0.2, 0) is 6.42 Å². The van der Waals surface area contributed by atoms with E-state index >= 15 is 4.39 Å². The van der Waals surface area contributed by atoms with Gasteiger partial charge in [0.2, 0.25) is 0 Å². The predicted octanol–water partition coefficient (Wildman–Crippen LogP) is 9.65. The summed E-state index contributed by atoms with van der Waals surface area (Å²) in [5.41, 5.74) is 2.41. The highest BCUT2D eigenvalue weighted by molar-refractivity contribution is 7.71. The molecule has 1 fully saturated rings. The third-order valence-corrected chi connectivity index (χ3v) is 7.54. The summed E-state index contributed by atoms with van der Waals surface area (Å²) in [6.07, 6.45) is 13.1. The molecule has 3 aromatic rings. The molecule has 3 heteroatoms. The Bertz CT molecular complexity index is 1090. The van der Waals surface area contributed by atoms with Gasteiger partial charge in [-0.3, -0.25) is 0 Å². The first-order chi connectivity index (χ1) is 15.1. The van der Waals surface area contributed by atoms with Gasteiger partial charge >= 0.3 is 0 Å². The molecule has 1 nitrogen and oxygen atoms in total. The lowest BCUT2D eigenvalue weighted by Gasteiger charge is -2.28. The van der Waals surface area contributed by atoms with Crippen molar-refractivity contribution in [2.24, 2.45) is 5.92 Å². The Morgan fingerprint density at radius 1 is 0.903 bits per heavy atom. The maximum absolute atomic E-state index is 15.2. The first-order valence-electron chi connectivity index (χ1n) is 12.3. The summed E-state index contributed by atoms with van der Waals surface area (Å²) >= 11 is 5.59. The fraction of sp³-hybridized carbons (Fsp3) is 0.536. The molecule has 1 aromatic heterocycles. The SMILES string of the molecule is CCCCCCc1ccc2c(oc(=S)c3cc(C4CCC(CCC)CC4)ccc32)c1F. The summed E-state index contributed by atoms with van der Waals surface area (Å²) in [7, 11) is 0. The maximum atomic E-state index is 15.2. The highest BCUT2D eigenvalue weighted by Crippen LogP contribution is 2.39. The normalized spacial score (nSPS) is 19.3. The number of benzene rings is 2. The van der Waals surface area contributed by atoms with Crippen LogP contribution in [0, 0.1) is 16.4 Å². The second kappa shape index (κ2) is 10.3. The number of unbranched alkanes of at least 4 members (excludes halogenated alkanes) is 3. The fourth-order valence-corrected chi connectivity index (χ4v) is 5.66. The first-order valence-corrected chi connectivity index (χ1v) is 12.7. The van der Waals surface area contributed by atoms with Gasteiger partial charge in [0.1, 0.15) is 0 Å². The van der Waals surface area contributed by atoms with Crippen molar-refractivity contribution in [3.63, 3.8) is 0 Å². The molecule has 0 atom stereocenters. The Balaban J connectivity index is 1.63. The Labute approximate surface area is 191 Å². The van der Waals surface area contributed by atoms with Crippen molar-refractivity contribution < 1.29 is 8.81 Å². The van der Waals surface area contributed by atoms with Gasteiger partial charge in [-0.15, -0.1) is 0 Å². The van der Waals surface area contributed by atoms with Crippen LogP contribution >= 0.6 is 12.2 Å². The molecule has 0 aliphatic heterocycles. The standard InChI is InChI=1S/C28H35FOS/c1-3-5-6-7-9-21-14-17-24-23-16-15-22(20-12-10-19(8-4-2)11-13-20)18-25(23)28(31)30-27(24)26(21)29/h14-20H,3-13H2,1-2H3. The predicted molar refractivity (Wildman–Crippen MR) is 132 cm³/mol. The molecule has 1 heterocycles. The number of fused-ring (bicyclic) bond motifs is 3. The van der Waals surface area contributed by atoms with Crippen LogP contribution in [0.3, 0.4) is 0 Å². The zero-order valence-electron chi connectivity index (χ0n) is 19.0. The molecule has 0 N–H and O–H groups in total. The molecule has 1 aliphatic rings. The molecule has 31 heavy (non-hydrogen) atoms. The number of halogens is 1. The number of rotatable bonds is 8. The summed E-state index contributed by atoms with van der Waals surface area (Å²) in [5, 5.41) is 2.79. The molecule has 0 amide bonds. The molecule has 0 unspecified atom stereocenters. The molecule has 1 aliphatic carbocycles. The monoisotopic (exact) mass is 438 g/mol. The second-order valence-corrected chi connectivity index (χ2v) is 9.80. The van der Waals surface area contributed by atoms with Crippen LogP contribution in [0.2, 0.25) is 0 Å². The Hall–Kier alpha value is -1.74. The lowest BCUT2D eigenvalue weighted by molar-refractivity contribution is 0.308. The van der Waals surface area contributed by atoms with E-state index < -0.39 is 0 Å². The zero-order chi connectivity index (χ0) is 21.8. The molecular weight excluding hydrogens is 403 g/mol. The van der Waals surface area contributed by atoms with E-state index in [9.17, 15) is 0 Å². The minimum Gasteiger partial charge on any atom is -0.441 e. The van der Waals surface area contributed by atoms with E-state index in [1.165, 1.54) is 56.9 Å². The molecule has 4 rings (SSSR count). The summed E-state index contributed by atoms with van der Waals surface area (Å²) in [4.78, 5) is 0. The average Bonchev–Trinajstić information content (AvgIpc) is 2.79. The molecule has 1 saturated carbocycles. The average molecular weight is 439 g/mol. The summed E-state index contributed by atoms with van der Waals surface area (Å²) in [6, 6.07) is 10.5. The van der Waals surface area contributed by atoms with Crippen molar-refractivity contribution in [3.05, 3.63) is 52.0 Å². The minimum atomic E-state index is -0.236. The molecule has 0 bridgehead atoms. The highest BCUT2D eigenvalue weighted by atomic mass is 32.1. The number of hydrogen-bond acceptors (Lipinski definition) is 2. The van der Waals surface area contributed by atoms with E-state index in [2.05, 4.69) is 32.0 Å². The van der Waals surface area contributed by atoms with Gasteiger partial charge in [0.15, 0.2) is 16.1 Å². The van der Waals surface area contributed by atoms with E-state index in [1.807, 2.05) is 12.1 Å². The van der Waals surface area contributed by atoms with Gasteiger partial charge < -0.3 is 4.42 Å². The molecule has 0 radical (unpaired) electrons. The van der Waals surface area contributed by atoms with Crippen LogP contribution in [0.15, 0.2) is 34.7 Å². The highest BCUT2D eigenvalue weighted by Gasteiger charge is 2.22. The van der Waals surface area contributed by atoms with E-state index in [0.29, 0.717) is 16.2 Å². The molecule has 2 aromatic carbocycles. The first kappa shape index (κ1) is 22.5. The third-order valence-electron chi connectivity index (χ3n) is 7.24. The van der Waals surface area contributed by atoms with E-state index in [4.69, 9.17) is 16.6 Å². The Morgan fingerprint density at radius 3 is 2.42 bits per heavy atom. The number of aryl methyl sites for hydroxylation is 1. The lowest BCUT2D eigenvalue weighted by Crippen LogP contribution is -2.13. The minimum absolute atomic E-state index is 0.236. The second-order valence-electron chi connectivity index (χ2n) is 9.43. The Morgan fingerprint density at radius 2 is 1.68 bits per heavy atom. The number of hydrogen-bond donors (Lipinski definition) is 0. The molecular formula is C28H35FOS. The zero-order valence-corrected chi connectivity index (χ0v) is 19.8. The van der Waals surface area contributed by atoms with Crippen LogP contribution < -0.4 is 0 Å². The maximum Gasteiger partial charge on any atom is 0.198 e. The van der Waals surface area contributed by atoms with Crippen molar-refractivity contribution in [3.8, 4) is 0 Å².